The molecule has 1 nitrogen and oxygen atoms in total. The number of rotatable bonds is 4. The third-order valence-corrected chi connectivity index (χ3v) is 6.71. The minimum Gasteiger partial charge on any atom is -0.457 e. The van der Waals surface area contributed by atoms with Crippen molar-refractivity contribution in [3.8, 4) is 0 Å². The molecule has 248 valence electrons. The van der Waals surface area contributed by atoms with Crippen LogP contribution >= 0.6 is 0 Å². The van der Waals surface area contributed by atoms with Gasteiger partial charge < -0.3 is 5.48 Å². The van der Waals surface area contributed by atoms with Gasteiger partial charge in [-0.25, -0.2) is 87.8 Å². The smallest absolute Gasteiger partial charge is 0.200 e. The van der Waals surface area contributed by atoms with Crippen LogP contribution < -0.4 is 21.9 Å². The van der Waals surface area contributed by atoms with Crippen molar-refractivity contribution in [3.63, 3.8) is 0 Å². The Morgan fingerprint density at radius 1 is 0.174 bits per heavy atom. The van der Waals surface area contributed by atoms with E-state index in [0.717, 1.165) is 0 Å². The molecule has 22 heteroatoms. The molecule has 0 aromatic heterocycles. The van der Waals surface area contributed by atoms with Crippen molar-refractivity contribution in [2.24, 2.45) is 0 Å². The molecular weight excluding hydrogens is 695 g/mol. The van der Waals surface area contributed by atoms with E-state index < -0.39 is 144 Å². The third-order valence-electron chi connectivity index (χ3n) is 6.71. The zero-order chi connectivity index (χ0) is 34.4. The van der Waals surface area contributed by atoms with Gasteiger partial charge in [-0.3, -0.25) is 0 Å². The Morgan fingerprint density at radius 3 is 0.370 bits per heavy atom. The van der Waals surface area contributed by atoms with Crippen molar-refractivity contribution < 1.29 is 93.3 Å². The fraction of sp³-hybridized carbons (Fsp3) is 0. The number of hydrogen-bond donors (Lipinski definition) is 0. The highest BCUT2D eigenvalue weighted by molar-refractivity contribution is 7.20. The molecule has 0 aliphatic heterocycles. The van der Waals surface area contributed by atoms with E-state index >= 15 is 35.1 Å². The van der Waals surface area contributed by atoms with E-state index in [1.807, 2.05) is 0 Å². The predicted molar refractivity (Wildman–Crippen MR) is 114 cm³/mol. The minimum atomic E-state index is -7.22. The highest BCUT2D eigenvalue weighted by atomic mass is 19.2. The molecule has 0 aliphatic rings. The van der Waals surface area contributed by atoms with Crippen LogP contribution in [0.15, 0.2) is 0 Å². The van der Waals surface area contributed by atoms with Gasteiger partial charge in [0, 0.05) is 0 Å². The summed E-state index contributed by atoms with van der Waals surface area (Å²) < 4.78 is 294. The molecule has 0 unspecified atom stereocenters. The molecule has 0 fully saturated rings. The molecule has 0 saturated carbocycles. The molecule has 46 heavy (non-hydrogen) atoms. The van der Waals surface area contributed by atoms with Gasteiger partial charge in [-0.2, -0.15) is 0 Å². The normalized spacial score (nSPS) is 11.7. The van der Waals surface area contributed by atoms with Crippen LogP contribution in [-0.2, 0) is 5.48 Å². The van der Waals surface area contributed by atoms with Crippen LogP contribution in [0.1, 0.15) is 0 Å². The third kappa shape index (κ3) is 4.39. The molecule has 4 rings (SSSR count). The SMILES string of the molecule is Fc1c(F)c(F)c([B-](c2c(F)c(F)c(F)c(F)c2F)(c2c(F)c(F)c(F)c(F)c2F)c2c(F)c(F)c(F)c(F)c2F)c(F)c1F.[OH3+]. The fourth-order valence-electron chi connectivity index (χ4n) is 4.87. The molecule has 4 aromatic rings. The number of benzene rings is 4. The summed E-state index contributed by atoms with van der Waals surface area (Å²) in [6, 6.07) is 0. The lowest BCUT2D eigenvalue weighted by atomic mass is 9.12. The summed E-state index contributed by atoms with van der Waals surface area (Å²) in [5.41, 5.74) is -14.3. The zero-order valence-corrected chi connectivity index (χ0v) is 20.7. The number of hydrogen-bond acceptors (Lipinski definition) is 0. The van der Waals surface area contributed by atoms with Gasteiger partial charge in [0.25, 0.3) is 0 Å². The first kappa shape index (κ1) is 36.0. The molecule has 0 aliphatic carbocycles. The van der Waals surface area contributed by atoms with Crippen LogP contribution in [0.25, 0.3) is 0 Å². The molecule has 0 radical (unpaired) electrons. The summed E-state index contributed by atoms with van der Waals surface area (Å²) in [6.07, 6.45) is -7.22. The van der Waals surface area contributed by atoms with Crippen molar-refractivity contribution in [2.75, 3.05) is 0 Å². The van der Waals surface area contributed by atoms with Crippen molar-refractivity contribution in [1.29, 1.82) is 0 Å². The molecule has 0 spiro atoms. The first-order chi connectivity index (χ1) is 20.7. The Kier molecular flexibility index (Phi) is 9.15. The summed E-state index contributed by atoms with van der Waals surface area (Å²) in [4.78, 5) is 0. The standard InChI is InChI=1S/C24BF20.H2O/c26-5-1(6(27)14(35)21(42)13(5)34)25(2-7(28)15(36)22(43)16(37)8(2)29,3-9(30)17(38)23(44)18(39)10(3)31)4-11(32)19(40)24(45)20(41)12(4)33;/h;1H2/q-1;/p+1. The summed E-state index contributed by atoms with van der Waals surface area (Å²) in [7, 11) is 0. The largest absolute Gasteiger partial charge is 0.457 e. The van der Waals surface area contributed by atoms with Gasteiger partial charge in [0.1, 0.15) is 52.7 Å². The highest BCUT2D eigenvalue weighted by Crippen LogP contribution is 2.30. The molecule has 4 aromatic carbocycles. The molecular formula is C24H3BF20O. The maximum Gasteiger partial charge on any atom is 0.200 e. The second-order valence-electron chi connectivity index (χ2n) is 8.80. The Balaban J connectivity index is 0.00000576. The minimum absolute atomic E-state index is 0. The van der Waals surface area contributed by atoms with Crippen LogP contribution in [0.4, 0.5) is 87.8 Å². The van der Waals surface area contributed by atoms with E-state index in [9.17, 15) is 52.7 Å². The van der Waals surface area contributed by atoms with Gasteiger partial charge in [0.05, 0.1) is 0 Å². The average molecular weight is 698 g/mol. The second-order valence-corrected chi connectivity index (χ2v) is 8.80. The van der Waals surface area contributed by atoms with Crippen molar-refractivity contribution in [3.05, 3.63) is 116 Å². The molecule has 0 saturated heterocycles. The van der Waals surface area contributed by atoms with Crippen molar-refractivity contribution in [2.45, 2.75) is 0 Å². The van der Waals surface area contributed by atoms with E-state index in [1.165, 1.54) is 0 Å². The molecule has 0 heterocycles. The van der Waals surface area contributed by atoms with E-state index in [2.05, 4.69) is 0 Å². The first-order valence-electron chi connectivity index (χ1n) is 10.9. The van der Waals surface area contributed by atoms with Gasteiger partial charge in [0.15, 0.2) is 69.8 Å². The van der Waals surface area contributed by atoms with Crippen molar-refractivity contribution in [1.82, 2.24) is 0 Å². The lowest BCUT2D eigenvalue weighted by Gasteiger charge is -2.44. The topological polar surface area (TPSA) is 33.0 Å². The average Bonchev–Trinajstić information content (AvgIpc) is 3.00. The lowest BCUT2D eigenvalue weighted by Crippen LogP contribution is -2.81. The Bertz CT molecular complexity index is 1580. The van der Waals surface area contributed by atoms with Gasteiger partial charge in [-0.15, -0.1) is 21.9 Å². The van der Waals surface area contributed by atoms with Crippen LogP contribution in [-0.4, -0.2) is 6.15 Å². The van der Waals surface area contributed by atoms with Gasteiger partial charge >= 0.3 is 0 Å². The maximum atomic E-state index is 15.4. The Labute approximate surface area is 238 Å². The summed E-state index contributed by atoms with van der Waals surface area (Å²) in [6.45, 7) is 0. The van der Waals surface area contributed by atoms with Gasteiger partial charge in [0.2, 0.25) is 0 Å². The van der Waals surface area contributed by atoms with E-state index in [4.69, 9.17) is 0 Å². The van der Waals surface area contributed by atoms with E-state index in [0.29, 0.717) is 0 Å². The molecule has 0 atom stereocenters. The highest BCUT2D eigenvalue weighted by Gasteiger charge is 2.52. The zero-order valence-electron chi connectivity index (χ0n) is 20.7. The fourth-order valence-corrected chi connectivity index (χ4v) is 4.87. The maximum absolute atomic E-state index is 15.4. The Hall–Kier alpha value is -4.50. The van der Waals surface area contributed by atoms with E-state index in [-0.39, 0.29) is 5.48 Å². The number of halogens is 20. The van der Waals surface area contributed by atoms with Gasteiger partial charge in [-0.05, 0) is 0 Å². The summed E-state index contributed by atoms with van der Waals surface area (Å²) in [5.74, 6) is -71.4. The van der Waals surface area contributed by atoms with Crippen molar-refractivity contribution >= 4 is 28.0 Å². The summed E-state index contributed by atoms with van der Waals surface area (Å²) in [5, 5.41) is 0. The Morgan fingerprint density at radius 2 is 0.261 bits per heavy atom. The van der Waals surface area contributed by atoms with Crippen LogP contribution in [0.5, 0.6) is 0 Å². The molecule has 0 bridgehead atoms. The molecule has 3 N–H and O–H groups in total. The summed E-state index contributed by atoms with van der Waals surface area (Å²) >= 11 is 0. The van der Waals surface area contributed by atoms with Crippen LogP contribution in [0, 0.1) is 116 Å². The molecule has 0 amide bonds. The van der Waals surface area contributed by atoms with E-state index in [1.54, 1.807) is 0 Å². The second kappa shape index (κ2) is 11.7. The predicted octanol–water partition coefficient (Wildman–Crippen LogP) is 4.92. The van der Waals surface area contributed by atoms with Gasteiger partial charge in [-0.1, -0.05) is 0 Å². The monoisotopic (exact) mass is 698 g/mol. The van der Waals surface area contributed by atoms with Crippen LogP contribution in [0.2, 0.25) is 0 Å². The quantitative estimate of drug-likeness (QED) is 0.0955. The first-order valence-corrected chi connectivity index (χ1v) is 10.9. The van der Waals surface area contributed by atoms with Crippen LogP contribution in [0.3, 0.4) is 0 Å². The lowest BCUT2D eigenvalue weighted by molar-refractivity contribution is 0.378.